The zero-order valence-electron chi connectivity index (χ0n) is 10.0. The summed E-state index contributed by atoms with van der Waals surface area (Å²) >= 11 is 4.79. The number of nitrogens with two attached hydrogens (primary N) is 1. The van der Waals surface area contributed by atoms with Gasteiger partial charge in [0.25, 0.3) is 0 Å². The Labute approximate surface area is 108 Å². The highest BCUT2D eigenvalue weighted by Crippen LogP contribution is 2.14. The van der Waals surface area contributed by atoms with E-state index in [2.05, 4.69) is 4.72 Å². The Hall–Kier alpha value is -0.240. The molecule has 7 heteroatoms. The molecule has 0 aromatic heterocycles. The van der Waals surface area contributed by atoms with Crippen LogP contribution < -0.4 is 10.5 Å². The molecule has 1 fully saturated rings. The van der Waals surface area contributed by atoms with Crippen LogP contribution in [0.2, 0.25) is 0 Å². The maximum absolute atomic E-state index is 11.9. The topological polar surface area (TPSA) is 81.4 Å². The van der Waals surface area contributed by atoms with Crippen molar-refractivity contribution in [2.24, 2.45) is 5.73 Å². The van der Waals surface area contributed by atoms with E-state index in [1.807, 2.05) is 6.92 Å². The van der Waals surface area contributed by atoms with Crippen LogP contribution in [0.3, 0.4) is 0 Å². The third-order valence-electron chi connectivity index (χ3n) is 2.72. The van der Waals surface area contributed by atoms with E-state index in [1.54, 1.807) is 0 Å². The van der Waals surface area contributed by atoms with E-state index in [9.17, 15) is 8.42 Å². The first-order valence-electron chi connectivity index (χ1n) is 5.83. The van der Waals surface area contributed by atoms with Crippen molar-refractivity contribution >= 4 is 27.2 Å². The Balaban J connectivity index is 2.48. The molecule has 100 valence electrons. The van der Waals surface area contributed by atoms with Gasteiger partial charge in [0.05, 0.1) is 16.8 Å². The number of rotatable bonds is 7. The van der Waals surface area contributed by atoms with Crippen LogP contribution in [-0.4, -0.2) is 37.9 Å². The summed E-state index contributed by atoms with van der Waals surface area (Å²) in [7, 11) is -3.31. The monoisotopic (exact) mass is 280 g/mol. The number of hydrogen-bond donors (Lipinski definition) is 2. The highest BCUT2D eigenvalue weighted by molar-refractivity contribution is 7.89. The van der Waals surface area contributed by atoms with Gasteiger partial charge in [-0.2, -0.15) is 0 Å². The SMILES string of the molecule is CCC(CC(N)=S)NS(=O)(=O)CC1CCCO1. The maximum Gasteiger partial charge on any atom is 0.214 e. The van der Waals surface area contributed by atoms with Crippen molar-refractivity contribution in [3.8, 4) is 0 Å². The quantitative estimate of drug-likeness (QED) is 0.665. The molecular weight excluding hydrogens is 260 g/mol. The van der Waals surface area contributed by atoms with Crippen molar-refractivity contribution in [2.75, 3.05) is 12.4 Å². The van der Waals surface area contributed by atoms with Gasteiger partial charge in [-0.05, 0) is 19.3 Å². The average Bonchev–Trinajstić information content (AvgIpc) is 2.67. The summed E-state index contributed by atoms with van der Waals surface area (Å²) in [5.41, 5.74) is 5.42. The van der Waals surface area contributed by atoms with Crippen LogP contribution in [-0.2, 0) is 14.8 Å². The molecule has 0 spiro atoms. The van der Waals surface area contributed by atoms with Gasteiger partial charge in [0, 0.05) is 19.1 Å². The molecule has 1 heterocycles. The van der Waals surface area contributed by atoms with E-state index in [4.69, 9.17) is 22.7 Å². The van der Waals surface area contributed by atoms with Gasteiger partial charge in [0.1, 0.15) is 0 Å². The van der Waals surface area contributed by atoms with Gasteiger partial charge in [-0.15, -0.1) is 0 Å². The second kappa shape index (κ2) is 6.63. The molecule has 0 radical (unpaired) electrons. The van der Waals surface area contributed by atoms with Gasteiger partial charge in [-0.25, -0.2) is 13.1 Å². The summed E-state index contributed by atoms with van der Waals surface area (Å²) in [6, 6.07) is -0.209. The molecule has 1 saturated heterocycles. The predicted octanol–water partition coefficient (Wildman–Crippen LogP) is 0.540. The Morgan fingerprint density at radius 1 is 1.65 bits per heavy atom. The average molecular weight is 280 g/mol. The maximum atomic E-state index is 11.9. The number of nitrogens with one attached hydrogen (secondary N) is 1. The molecule has 0 saturated carbocycles. The third kappa shape index (κ3) is 5.76. The highest BCUT2D eigenvalue weighted by atomic mass is 32.2. The fourth-order valence-electron chi connectivity index (χ4n) is 1.83. The lowest BCUT2D eigenvalue weighted by Gasteiger charge is -2.18. The molecule has 3 N–H and O–H groups in total. The van der Waals surface area contributed by atoms with Crippen LogP contribution in [0.5, 0.6) is 0 Å². The Morgan fingerprint density at radius 2 is 2.35 bits per heavy atom. The van der Waals surface area contributed by atoms with Crippen molar-refractivity contribution in [1.82, 2.24) is 4.72 Å². The first-order chi connectivity index (χ1) is 7.93. The van der Waals surface area contributed by atoms with Crippen molar-refractivity contribution in [2.45, 2.75) is 44.8 Å². The standard InChI is InChI=1S/C10H20N2O3S2/c1-2-8(6-10(11)16)12-17(13,14)7-9-4-3-5-15-9/h8-9,12H,2-7H2,1H3,(H2,11,16). The predicted molar refractivity (Wildman–Crippen MR) is 71.4 cm³/mol. The lowest BCUT2D eigenvalue weighted by atomic mass is 10.2. The smallest absolute Gasteiger partial charge is 0.214 e. The van der Waals surface area contributed by atoms with Crippen LogP contribution in [0, 0.1) is 0 Å². The molecule has 0 amide bonds. The van der Waals surface area contributed by atoms with E-state index in [-0.39, 0.29) is 17.9 Å². The van der Waals surface area contributed by atoms with Crippen molar-refractivity contribution in [1.29, 1.82) is 0 Å². The summed E-state index contributed by atoms with van der Waals surface area (Å²) in [6.07, 6.45) is 2.64. The van der Waals surface area contributed by atoms with Gasteiger partial charge >= 0.3 is 0 Å². The molecule has 0 aromatic carbocycles. The Bertz CT molecular complexity index is 351. The molecule has 1 aliphatic heterocycles. The normalized spacial score (nSPS) is 22.5. The zero-order valence-corrected chi connectivity index (χ0v) is 11.6. The second-order valence-electron chi connectivity index (χ2n) is 4.31. The summed E-state index contributed by atoms with van der Waals surface area (Å²) in [4.78, 5) is 0.330. The zero-order chi connectivity index (χ0) is 12.9. The van der Waals surface area contributed by atoms with E-state index < -0.39 is 10.0 Å². The minimum Gasteiger partial charge on any atom is -0.393 e. The van der Waals surface area contributed by atoms with Gasteiger partial charge in [0.15, 0.2) is 0 Å². The summed E-state index contributed by atoms with van der Waals surface area (Å²) in [6.45, 7) is 2.56. The Kier molecular flexibility index (Phi) is 5.78. The molecule has 2 unspecified atom stereocenters. The third-order valence-corrected chi connectivity index (χ3v) is 4.39. The lowest BCUT2D eigenvalue weighted by molar-refractivity contribution is 0.127. The molecule has 0 aromatic rings. The van der Waals surface area contributed by atoms with E-state index in [1.165, 1.54) is 0 Å². The van der Waals surface area contributed by atoms with Crippen LogP contribution in [0.1, 0.15) is 32.6 Å². The van der Waals surface area contributed by atoms with Gasteiger partial charge in [-0.3, -0.25) is 0 Å². The molecule has 0 bridgehead atoms. The van der Waals surface area contributed by atoms with Crippen LogP contribution in [0.4, 0.5) is 0 Å². The van der Waals surface area contributed by atoms with Crippen LogP contribution in [0.25, 0.3) is 0 Å². The fourth-order valence-corrected chi connectivity index (χ4v) is 3.64. The van der Waals surface area contributed by atoms with Crippen LogP contribution in [0.15, 0.2) is 0 Å². The summed E-state index contributed by atoms with van der Waals surface area (Å²) in [5.74, 6) is 0.0286. The molecule has 5 nitrogen and oxygen atoms in total. The molecule has 2 atom stereocenters. The molecule has 17 heavy (non-hydrogen) atoms. The molecule has 1 aliphatic rings. The molecule has 0 aliphatic carbocycles. The largest absolute Gasteiger partial charge is 0.393 e. The number of thiocarbonyl (C=S) groups is 1. The minimum absolute atomic E-state index is 0.0286. The number of ether oxygens (including phenoxy) is 1. The second-order valence-corrected chi connectivity index (χ2v) is 6.63. The Morgan fingerprint density at radius 3 is 2.82 bits per heavy atom. The van der Waals surface area contributed by atoms with Crippen molar-refractivity contribution < 1.29 is 13.2 Å². The van der Waals surface area contributed by atoms with E-state index in [0.717, 1.165) is 12.8 Å². The van der Waals surface area contributed by atoms with E-state index >= 15 is 0 Å². The lowest BCUT2D eigenvalue weighted by Crippen LogP contribution is -2.40. The molecular formula is C10H20N2O3S2. The number of hydrogen-bond acceptors (Lipinski definition) is 4. The van der Waals surface area contributed by atoms with Gasteiger partial charge < -0.3 is 10.5 Å². The minimum atomic E-state index is -3.31. The van der Waals surface area contributed by atoms with Crippen molar-refractivity contribution in [3.63, 3.8) is 0 Å². The number of sulfonamides is 1. The fraction of sp³-hybridized carbons (Fsp3) is 0.900. The summed E-state index contributed by atoms with van der Waals surface area (Å²) in [5, 5.41) is 0. The highest BCUT2D eigenvalue weighted by Gasteiger charge is 2.25. The summed E-state index contributed by atoms with van der Waals surface area (Å²) < 4.78 is 31.7. The van der Waals surface area contributed by atoms with Gasteiger partial charge in [0.2, 0.25) is 10.0 Å². The van der Waals surface area contributed by atoms with Crippen molar-refractivity contribution in [3.05, 3.63) is 0 Å². The first kappa shape index (κ1) is 14.8. The first-order valence-corrected chi connectivity index (χ1v) is 7.89. The van der Waals surface area contributed by atoms with Gasteiger partial charge in [-0.1, -0.05) is 19.1 Å². The molecule has 1 rings (SSSR count). The van der Waals surface area contributed by atoms with E-state index in [0.29, 0.717) is 24.4 Å². The van der Waals surface area contributed by atoms with Crippen LogP contribution >= 0.6 is 12.2 Å².